The first-order chi connectivity index (χ1) is 16.1. The predicted octanol–water partition coefficient (Wildman–Crippen LogP) is 4.69. The van der Waals surface area contributed by atoms with E-state index in [9.17, 15) is 0 Å². The largest absolute Gasteiger partial charge is 0.497 e. The smallest absolute Gasteiger partial charge is 0.227 e. The van der Waals surface area contributed by atoms with Gasteiger partial charge in [-0.3, -0.25) is 0 Å². The van der Waals surface area contributed by atoms with Gasteiger partial charge in [-0.25, -0.2) is 9.97 Å². The Balaban J connectivity index is 1.49. The Bertz CT molecular complexity index is 1180. The van der Waals surface area contributed by atoms with Gasteiger partial charge in [-0.05, 0) is 66.6 Å². The second kappa shape index (κ2) is 9.46. The summed E-state index contributed by atoms with van der Waals surface area (Å²) in [4.78, 5) is 14.0. The van der Waals surface area contributed by atoms with Gasteiger partial charge < -0.3 is 19.9 Å². The first kappa shape index (κ1) is 21.2. The third-order valence-corrected chi connectivity index (χ3v) is 6.14. The van der Waals surface area contributed by atoms with E-state index in [1.165, 1.54) is 5.56 Å². The van der Waals surface area contributed by atoms with Gasteiger partial charge in [0, 0.05) is 49.3 Å². The minimum Gasteiger partial charge on any atom is -0.497 e. The molecule has 1 N–H and O–H groups in total. The zero-order chi connectivity index (χ0) is 22.6. The highest BCUT2D eigenvalue weighted by molar-refractivity contribution is 5.70. The molecule has 2 aliphatic heterocycles. The van der Waals surface area contributed by atoms with Gasteiger partial charge in [-0.1, -0.05) is 24.8 Å². The fourth-order valence-corrected chi connectivity index (χ4v) is 4.23. The number of piperazine rings is 1. The third kappa shape index (κ3) is 5.07. The molecule has 3 heterocycles. The minimum absolute atomic E-state index is 0.520. The quantitative estimate of drug-likeness (QED) is 0.625. The molecule has 2 aromatic carbocycles. The number of allylic oxidation sites excluding steroid dienone is 1. The van der Waals surface area contributed by atoms with E-state index in [0.29, 0.717) is 12.6 Å². The van der Waals surface area contributed by atoms with E-state index < -0.39 is 0 Å². The lowest BCUT2D eigenvalue weighted by atomic mass is 10.0. The number of hydrogen-bond acceptors (Lipinski definition) is 6. The van der Waals surface area contributed by atoms with Crippen LogP contribution in [-0.2, 0) is 17.8 Å². The maximum Gasteiger partial charge on any atom is 0.227 e. The van der Waals surface area contributed by atoms with E-state index in [1.54, 1.807) is 12.5 Å². The molecule has 1 saturated heterocycles. The topological polar surface area (TPSA) is 53.5 Å². The molecule has 0 radical (unpaired) electrons. The monoisotopic (exact) mass is 439 g/mol. The van der Waals surface area contributed by atoms with Crippen molar-refractivity contribution in [3.05, 3.63) is 90.3 Å². The molecule has 6 heteroatoms. The Morgan fingerprint density at radius 1 is 1.03 bits per heavy atom. The van der Waals surface area contributed by atoms with Crippen LogP contribution in [-0.4, -0.2) is 53.0 Å². The van der Waals surface area contributed by atoms with Crippen LogP contribution in [0.5, 0.6) is 0 Å². The Labute approximate surface area is 195 Å². The summed E-state index contributed by atoms with van der Waals surface area (Å²) in [5.74, 6) is 0.577. The number of nitrogens with zero attached hydrogens (tertiary/aromatic N) is 4. The standard InChI is InChI=1S/C27H29N5O/c1-20(32-12-10-31(2)11-13-32)24-15-21-6-4-14-33-19-22-5-3-7-23(16-22)26-8-9-28-27(30-26)29-25(17-21)18-24/h3-5,7-9,14-18H,1,6,10-13,19H2,2H3,(H,28,29,30)/b14-4+. The molecule has 6 bridgehead atoms. The Hall–Kier alpha value is -3.64. The number of ether oxygens (including phenoxy) is 1. The van der Waals surface area contributed by atoms with Crippen molar-refractivity contribution in [3.63, 3.8) is 0 Å². The van der Waals surface area contributed by atoms with Crippen molar-refractivity contribution in [3.8, 4) is 11.3 Å². The molecule has 0 amide bonds. The lowest BCUT2D eigenvalue weighted by Crippen LogP contribution is -2.43. The van der Waals surface area contributed by atoms with Gasteiger partial charge in [0.2, 0.25) is 5.95 Å². The van der Waals surface area contributed by atoms with Crippen molar-refractivity contribution in [2.24, 2.45) is 0 Å². The molecule has 33 heavy (non-hydrogen) atoms. The number of nitrogens with one attached hydrogen (secondary N) is 1. The first-order valence-electron chi connectivity index (χ1n) is 11.4. The lowest BCUT2D eigenvalue weighted by molar-refractivity contribution is 0.207. The van der Waals surface area contributed by atoms with Crippen molar-refractivity contribution in [1.82, 2.24) is 19.8 Å². The molecule has 5 rings (SSSR count). The van der Waals surface area contributed by atoms with E-state index in [-0.39, 0.29) is 0 Å². The van der Waals surface area contributed by atoms with Gasteiger partial charge in [0.15, 0.2) is 0 Å². The number of rotatable bonds is 2. The number of anilines is 2. The minimum atomic E-state index is 0.520. The van der Waals surface area contributed by atoms with E-state index >= 15 is 0 Å². The molecule has 2 aliphatic rings. The SMILES string of the molecule is C=C(c1cc2cc(c1)Nc1nccc(n1)-c1cccc(c1)CO/C=C/C2)N1CCN(C)CC1. The summed E-state index contributed by atoms with van der Waals surface area (Å²) < 4.78 is 5.80. The summed E-state index contributed by atoms with van der Waals surface area (Å²) in [7, 11) is 2.17. The highest BCUT2D eigenvalue weighted by Crippen LogP contribution is 2.27. The summed E-state index contributed by atoms with van der Waals surface area (Å²) >= 11 is 0. The van der Waals surface area contributed by atoms with Crippen LogP contribution in [0.15, 0.2) is 73.6 Å². The molecule has 1 aromatic heterocycles. The van der Waals surface area contributed by atoms with Gasteiger partial charge in [-0.2, -0.15) is 0 Å². The molecule has 0 atom stereocenters. The number of benzene rings is 2. The van der Waals surface area contributed by atoms with Gasteiger partial charge in [0.1, 0.15) is 6.61 Å². The number of aromatic nitrogens is 2. The van der Waals surface area contributed by atoms with Crippen LogP contribution < -0.4 is 5.32 Å². The second-order valence-electron chi connectivity index (χ2n) is 8.63. The van der Waals surface area contributed by atoms with Crippen molar-refractivity contribution in [1.29, 1.82) is 0 Å². The molecular formula is C27H29N5O. The average Bonchev–Trinajstić information content (AvgIpc) is 2.84. The Morgan fingerprint density at radius 3 is 2.79 bits per heavy atom. The van der Waals surface area contributed by atoms with Crippen LogP contribution in [0.1, 0.15) is 16.7 Å². The summed E-state index contributed by atoms with van der Waals surface area (Å²) in [6.07, 6.45) is 6.41. The van der Waals surface area contributed by atoms with Crippen LogP contribution in [0.4, 0.5) is 11.6 Å². The van der Waals surface area contributed by atoms with Crippen molar-refractivity contribution >= 4 is 17.3 Å². The summed E-state index contributed by atoms with van der Waals surface area (Å²) in [5.41, 5.74) is 7.31. The zero-order valence-electron chi connectivity index (χ0n) is 19.0. The molecule has 168 valence electrons. The van der Waals surface area contributed by atoms with Crippen molar-refractivity contribution in [2.75, 3.05) is 38.5 Å². The molecular weight excluding hydrogens is 410 g/mol. The Morgan fingerprint density at radius 2 is 1.91 bits per heavy atom. The number of likely N-dealkylation sites (N-methyl/N-ethyl adjacent to an activating group) is 1. The van der Waals surface area contributed by atoms with Crippen LogP contribution >= 0.6 is 0 Å². The second-order valence-corrected chi connectivity index (χ2v) is 8.63. The number of hydrogen-bond donors (Lipinski definition) is 1. The van der Waals surface area contributed by atoms with Crippen LogP contribution in [0.3, 0.4) is 0 Å². The van der Waals surface area contributed by atoms with Gasteiger partial charge >= 0.3 is 0 Å². The summed E-state index contributed by atoms with van der Waals surface area (Å²) in [6, 6.07) is 16.7. The molecule has 3 aromatic rings. The zero-order valence-corrected chi connectivity index (χ0v) is 19.0. The van der Waals surface area contributed by atoms with E-state index in [2.05, 4.69) is 76.2 Å². The average molecular weight is 440 g/mol. The molecule has 0 unspecified atom stereocenters. The predicted molar refractivity (Wildman–Crippen MR) is 133 cm³/mol. The van der Waals surface area contributed by atoms with Crippen LogP contribution in [0.2, 0.25) is 0 Å². The molecule has 1 fully saturated rings. The van der Waals surface area contributed by atoms with Gasteiger partial charge in [0.05, 0.1) is 12.0 Å². The van der Waals surface area contributed by atoms with Gasteiger partial charge in [0.25, 0.3) is 0 Å². The summed E-state index contributed by atoms with van der Waals surface area (Å²) in [6.45, 7) is 9.01. The maximum atomic E-state index is 5.80. The van der Waals surface area contributed by atoms with E-state index in [1.807, 2.05) is 12.1 Å². The van der Waals surface area contributed by atoms with Crippen LogP contribution in [0.25, 0.3) is 17.0 Å². The summed E-state index contributed by atoms with van der Waals surface area (Å²) in [5, 5.41) is 3.42. The number of fused-ring (bicyclic) bond motifs is 7. The first-order valence-corrected chi connectivity index (χ1v) is 11.4. The van der Waals surface area contributed by atoms with E-state index in [0.717, 1.165) is 66.4 Å². The normalized spacial score (nSPS) is 17.2. The lowest BCUT2D eigenvalue weighted by Gasteiger charge is -2.35. The Kier molecular flexibility index (Phi) is 6.09. The van der Waals surface area contributed by atoms with Gasteiger partial charge in [-0.15, -0.1) is 0 Å². The molecule has 0 aliphatic carbocycles. The molecule has 0 saturated carbocycles. The third-order valence-electron chi connectivity index (χ3n) is 6.14. The molecule has 0 spiro atoms. The van der Waals surface area contributed by atoms with Crippen molar-refractivity contribution in [2.45, 2.75) is 13.0 Å². The highest BCUT2D eigenvalue weighted by atomic mass is 16.5. The highest BCUT2D eigenvalue weighted by Gasteiger charge is 2.17. The van der Waals surface area contributed by atoms with Crippen molar-refractivity contribution < 1.29 is 4.74 Å². The molecule has 6 nitrogen and oxygen atoms in total. The van der Waals surface area contributed by atoms with E-state index in [4.69, 9.17) is 9.72 Å². The van der Waals surface area contributed by atoms with Crippen LogP contribution in [0, 0.1) is 0 Å². The fourth-order valence-electron chi connectivity index (χ4n) is 4.23. The maximum absolute atomic E-state index is 5.80. The fraction of sp³-hybridized carbons (Fsp3) is 0.259.